The van der Waals surface area contributed by atoms with Crippen LogP contribution in [-0.4, -0.2) is 24.9 Å². The zero-order valence-corrected chi connectivity index (χ0v) is 11.2. The van der Waals surface area contributed by atoms with E-state index in [1.54, 1.807) is 17.8 Å². The van der Waals surface area contributed by atoms with Crippen LogP contribution in [0.5, 0.6) is 0 Å². The highest BCUT2D eigenvalue weighted by molar-refractivity contribution is 7.99. The van der Waals surface area contributed by atoms with Crippen molar-refractivity contribution in [2.45, 2.75) is 31.2 Å². The zero-order chi connectivity index (χ0) is 12.4. The Morgan fingerprint density at radius 1 is 1.53 bits per heavy atom. The Morgan fingerprint density at radius 2 is 2.29 bits per heavy atom. The molecule has 0 aliphatic carbocycles. The van der Waals surface area contributed by atoms with Gasteiger partial charge in [0.15, 0.2) is 0 Å². The van der Waals surface area contributed by atoms with Crippen molar-refractivity contribution in [3.63, 3.8) is 0 Å². The van der Waals surface area contributed by atoms with Crippen molar-refractivity contribution in [1.82, 2.24) is 0 Å². The molecule has 0 saturated carbocycles. The topological polar surface area (TPSA) is 29.3 Å². The SMILES string of the molecule is CCSc1cc2c(cc1F)CCN2C[C@H](C)N. The van der Waals surface area contributed by atoms with Gasteiger partial charge in [0.2, 0.25) is 0 Å². The second-order valence-electron chi connectivity index (χ2n) is 4.52. The summed E-state index contributed by atoms with van der Waals surface area (Å²) in [5.41, 5.74) is 8.12. The van der Waals surface area contributed by atoms with Gasteiger partial charge < -0.3 is 10.6 Å². The Labute approximate surface area is 106 Å². The standard InChI is InChI=1S/C13H19FN2S/c1-3-17-13-7-12-10(6-11(13)14)4-5-16(12)8-9(2)15/h6-7,9H,3-5,8,15H2,1-2H3/t9-/m0/s1. The van der Waals surface area contributed by atoms with Crippen molar-refractivity contribution in [3.05, 3.63) is 23.5 Å². The van der Waals surface area contributed by atoms with Gasteiger partial charge in [0.05, 0.1) is 0 Å². The van der Waals surface area contributed by atoms with Crippen LogP contribution in [-0.2, 0) is 6.42 Å². The van der Waals surface area contributed by atoms with Gasteiger partial charge in [-0.15, -0.1) is 11.8 Å². The first-order valence-electron chi connectivity index (χ1n) is 6.07. The van der Waals surface area contributed by atoms with E-state index in [1.807, 2.05) is 19.9 Å². The molecular weight excluding hydrogens is 235 g/mol. The van der Waals surface area contributed by atoms with Crippen LogP contribution < -0.4 is 10.6 Å². The summed E-state index contributed by atoms with van der Waals surface area (Å²) in [6.45, 7) is 5.84. The average molecular weight is 254 g/mol. The van der Waals surface area contributed by atoms with Gasteiger partial charge in [0.25, 0.3) is 0 Å². The number of thioether (sulfide) groups is 1. The molecule has 4 heteroatoms. The molecule has 1 aliphatic rings. The minimum atomic E-state index is -0.0850. The molecule has 1 aromatic rings. The Hall–Kier alpha value is -0.740. The molecular formula is C13H19FN2S. The molecule has 2 N–H and O–H groups in total. The molecule has 0 bridgehead atoms. The highest BCUT2D eigenvalue weighted by atomic mass is 32.2. The van der Waals surface area contributed by atoms with Crippen LogP contribution in [0.25, 0.3) is 0 Å². The summed E-state index contributed by atoms with van der Waals surface area (Å²) < 4.78 is 13.8. The summed E-state index contributed by atoms with van der Waals surface area (Å²) in [7, 11) is 0. The number of nitrogens with two attached hydrogens (primary N) is 1. The number of benzene rings is 1. The van der Waals surface area contributed by atoms with Crippen LogP contribution >= 0.6 is 11.8 Å². The quantitative estimate of drug-likeness (QED) is 0.838. The fourth-order valence-corrected chi connectivity index (χ4v) is 2.96. The van der Waals surface area contributed by atoms with Crippen molar-refractivity contribution in [2.75, 3.05) is 23.7 Å². The van der Waals surface area contributed by atoms with E-state index in [9.17, 15) is 4.39 Å². The lowest BCUT2D eigenvalue weighted by Crippen LogP contribution is -2.34. The van der Waals surface area contributed by atoms with Crippen LogP contribution in [0.3, 0.4) is 0 Å². The van der Waals surface area contributed by atoms with Crippen LogP contribution in [0.2, 0.25) is 0 Å². The minimum absolute atomic E-state index is 0.0850. The lowest BCUT2D eigenvalue weighted by Gasteiger charge is -2.22. The maximum atomic E-state index is 13.8. The van der Waals surface area contributed by atoms with Gasteiger partial charge in [-0.05, 0) is 36.8 Å². The molecule has 0 amide bonds. The number of hydrogen-bond acceptors (Lipinski definition) is 3. The molecule has 0 saturated heterocycles. The smallest absolute Gasteiger partial charge is 0.137 e. The molecule has 17 heavy (non-hydrogen) atoms. The molecule has 2 nitrogen and oxygen atoms in total. The van der Waals surface area contributed by atoms with Gasteiger partial charge in [-0.25, -0.2) is 4.39 Å². The number of halogens is 1. The van der Waals surface area contributed by atoms with E-state index in [2.05, 4.69) is 4.90 Å². The summed E-state index contributed by atoms with van der Waals surface area (Å²) in [5, 5.41) is 0. The predicted molar refractivity (Wildman–Crippen MR) is 72.4 cm³/mol. The van der Waals surface area contributed by atoms with Gasteiger partial charge in [-0.2, -0.15) is 0 Å². The molecule has 1 aliphatic heterocycles. The van der Waals surface area contributed by atoms with E-state index in [0.29, 0.717) is 0 Å². The van der Waals surface area contributed by atoms with Crippen molar-refractivity contribution in [2.24, 2.45) is 5.73 Å². The second-order valence-corrected chi connectivity index (χ2v) is 5.82. The molecule has 1 atom stereocenters. The summed E-state index contributed by atoms with van der Waals surface area (Å²) in [4.78, 5) is 3.02. The number of nitrogens with zero attached hydrogens (tertiary/aromatic N) is 1. The number of rotatable bonds is 4. The number of fused-ring (bicyclic) bond motifs is 1. The Balaban J connectivity index is 2.28. The third-order valence-electron chi connectivity index (χ3n) is 2.93. The summed E-state index contributed by atoms with van der Waals surface area (Å²) in [6.07, 6.45) is 0.927. The molecule has 2 rings (SSSR count). The molecule has 0 unspecified atom stereocenters. The first-order valence-corrected chi connectivity index (χ1v) is 7.06. The van der Waals surface area contributed by atoms with Crippen LogP contribution in [0.1, 0.15) is 19.4 Å². The predicted octanol–water partition coefficient (Wildman–Crippen LogP) is 2.65. The van der Waals surface area contributed by atoms with E-state index in [1.165, 1.54) is 5.69 Å². The van der Waals surface area contributed by atoms with Crippen LogP contribution in [0.15, 0.2) is 17.0 Å². The largest absolute Gasteiger partial charge is 0.369 e. The maximum Gasteiger partial charge on any atom is 0.137 e. The van der Waals surface area contributed by atoms with Gasteiger partial charge in [0, 0.05) is 29.7 Å². The van der Waals surface area contributed by atoms with Crippen molar-refractivity contribution in [3.8, 4) is 0 Å². The molecule has 0 radical (unpaired) electrons. The average Bonchev–Trinajstić information content (AvgIpc) is 2.61. The third kappa shape index (κ3) is 2.75. The first-order chi connectivity index (χ1) is 8.11. The van der Waals surface area contributed by atoms with Gasteiger partial charge in [-0.3, -0.25) is 0 Å². The van der Waals surface area contributed by atoms with E-state index in [0.717, 1.165) is 35.7 Å². The van der Waals surface area contributed by atoms with E-state index in [4.69, 9.17) is 5.73 Å². The molecule has 94 valence electrons. The lowest BCUT2D eigenvalue weighted by molar-refractivity contribution is 0.601. The van der Waals surface area contributed by atoms with E-state index in [-0.39, 0.29) is 11.9 Å². The fraction of sp³-hybridized carbons (Fsp3) is 0.538. The molecule has 1 aromatic carbocycles. The summed E-state index contributed by atoms with van der Waals surface area (Å²) >= 11 is 1.56. The highest BCUT2D eigenvalue weighted by Gasteiger charge is 2.22. The van der Waals surface area contributed by atoms with E-state index >= 15 is 0 Å². The second kappa shape index (κ2) is 5.27. The zero-order valence-electron chi connectivity index (χ0n) is 10.4. The van der Waals surface area contributed by atoms with E-state index < -0.39 is 0 Å². The first kappa shape index (κ1) is 12.7. The molecule has 0 fully saturated rings. The highest BCUT2D eigenvalue weighted by Crippen LogP contribution is 2.34. The minimum Gasteiger partial charge on any atom is -0.369 e. The maximum absolute atomic E-state index is 13.8. The van der Waals surface area contributed by atoms with Crippen LogP contribution in [0.4, 0.5) is 10.1 Å². The van der Waals surface area contributed by atoms with Crippen molar-refractivity contribution < 1.29 is 4.39 Å². The summed E-state index contributed by atoms with van der Waals surface area (Å²) in [6, 6.07) is 3.82. The Bertz CT molecular complexity index is 407. The fourth-order valence-electron chi connectivity index (χ4n) is 2.26. The van der Waals surface area contributed by atoms with Crippen molar-refractivity contribution >= 4 is 17.4 Å². The monoisotopic (exact) mass is 254 g/mol. The Morgan fingerprint density at radius 3 is 2.94 bits per heavy atom. The lowest BCUT2D eigenvalue weighted by atomic mass is 10.1. The van der Waals surface area contributed by atoms with Gasteiger partial charge >= 0.3 is 0 Å². The molecule has 1 heterocycles. The van der Waals surface area contributed by atoms with Gasteiger partial charge in [-0.1, -0.05) is 6.92 Å². The third-order valence-corrected chi connectivity index (χ3v) is 3.85. The van der Waals surface area contributed by atoms with Gasteiger partial charge in [0.1, 0.15) is 5.82 Å². The summed E-state index contributed by atoms with van der Waals surface area (Å²) in [5.74, 6) is 0.807. The van der Waals surface area contributed by atoms with Crippen LogP contribution in [0, 0.1) is 5.82 Å². The van der Waals surface area contributed by atoms with Crippen molar-refractivity contribution in [1.29, 1.82) is 0 Å². The number of hydrogen-bond donors (Lipinski definition) is 1. The Kier molecular flexibility index (Phi) is 3.94. The molecule has 0 aromatic heterocycles. The molecule has 0 spiro atoms. The number of anilines is 1. The normalized spacial score (nSPS) is 16.1.